The predicted molar refractivity (Wildman–Crippen MR) is 106 cm³/mol. The van der Waals surface area contributed by atoms with Gasteiger partial charge in [-0.2, -0.15) is 5.10 Å². The standard InChI is InChI=1S/C20H19ClF2N4O2/c21-15-7-13(3-4-17(15)29-11-18(22)23)9-27-10-14-16(26-27)5-6-24-20(14)25-19(28)8-12-1-2-12/h3-7,10,12,18H,1-2,8-9,11H2,(H,24,25,28). The van der Waals surface area contributed by atoms with Crippen LogP contribution in [0.2, 0.25) is 5.02 Å². The Labute approximate surface area is 170 Å². The molecule has 152 valence electrons. The van der Waals surface area contributed by atoms with Gasteiger partial charge in [0, 0.05) is 18.8 Å². The van der Waals surface area contributed by atoms with Gasteiger partial charge in [0.15, 0.2) is 0 Å². The molecule has 0 atom stereocenters. The highest BCUT2D eigenvalue weighted by Gasteiger charge is 2.24. The fourth-order valence-corrected chi connectivity index (χ4v) is 3.30. The van der Waals surface area contributed by atoms with Gasteiger partial charge in [0.05, 0.1) is 22.5 Å². The van der Waals surface area contributed by atoms with Gasteiger partial charge in [0.1, 0.15) is 18.2 Å². The molecule has 3 aromatic rings. The molecule has 1 N–H and O–H groups in total. The minimum absolute atomic E-state index is 0.0357. The third kappa shape index (κ3) is 5.00. The van der Waals surface area contributed by atoms with E-state index in [1.807, 2.05) is 6.20 Å². The highest BCUT2D eigenvalue weighted by Crippen LogP contribution is 2.33. The zero-order valence-corrected chi connectivity index (χ0v) is 16.2. The lowest BCUT2D eigenvalue weighted by Gasteiger charge is -2.09. The second kappa shape index (κ2) is 8.32. The van der Waals surface area contributed by atoms with Gasteiger partial charge < -0.3 is 10.1 Å². The number of hydrogen-bond acceptors (Lipinski definition) is 4. The molecule has 2 heterocycles. The van der Waals surface area contributed by atoms with Crippen LogP contribution in [0.3, 0.4) is 0 Å². The topological polar surface area (TPSA) is 69.0 Å². The summed E-state index contributed by atoms with van der Waals surface area (Å²) in [5.74, 6) is 1.17. The minimum Gasteiger partial charge on any atom is -0.486 e. The predicted octanol–water partition coefficient (Wildman–Crippen LogP) is 4.52. The smallest absolute Gasteiger partial charge is 0.272 e. The Kier molecular flexibility index (Phi) is 5.62. The van der Waals surface area contributed by atoms with E-state index < -0.39 is 13.0 Å². The molecule has 0 spiro atoms. The van der Waals surface area contributed by atoms with Gasteiger partial charge in [-0.15, -0.1) is 0 Å². The zero-order valence-electron chi connectivity index (χ0n) is 15.4. The molecule has 6 nitrogen and oxygen atoms in total. The van der Waals surface area contributed by atoms with Crippen molar-refractivity contribution in [1.29, 1.82) is 0 Å². The number of halogens is 3. The van der Waals surface area contributed by atoms with Gasteiger partial charge in [-0.25, -0.2) is 13.8 Å². The van der Waals surface area contributed by atoms with E-state index in [0.29, 0.717) is 30.2 Å². The lowest BCUT2D eigenvalue weighted by atomic mass is 10.2. The third-order valence-electron chi connectivity index (χ3n) is 4.62. The van der Waals surface area contributed by atoms with Crippen LogP contribution in [0.5, 0.6) is 5.75 Å². The van der Waals surface area contributed by atoms with E-state index in [4.69, 9.17) is 16.3 Å². The van der Waals surface area contributed by atoms with Crippen LogP contribution in [-0.4, -0.2) is 33.7 Å². The lowest BCUT2D eigenvalue weighted by Crippen LogP contribution is -2.13. The minimum atomic E-state index is -2.56. The number of carbonyl (C=O) groups excluding carboxylic acids is 1. The zero-order chi connectivity index (χ0) is 20.4. The molecule has 1 amide bonds. The number of ether oxygens (including phenoxy) is 1. The van der Waals surface area contributed by atoms with Crippen molar-refractivity contribution in [2.75, 3.05) is 11.9 Å². The Morgan fingerprint density at radius 3 is 2.90 bits per heavy atom. The Morgan fingerprint density at radius 1 is 1.34 bits per heavy atom. The number of anilines is 1. The van der Waals surface area contributed by atoms with Crippen LogP contribution in [0.15, 0.2) is 36.7 Å². The first kappa shape index (κ1) is 19.6. The molecule has 1 aliphatic rings. The summed E-state index contributed by atoms with van der Waals surface area (Å²) in [6.45, 7) is -0.287. The molecule has 0 bridgehead atoms. The van der Waals surface area contributed by atoms with Gasteiger partial charge >= 0.3 is 0 Å². The molecule has 1 fully saturated rings. The molecule has 2 aromatic heterocycles. The third-order valence-corrected chi connectivity index (χ3v) is 4.91. The number of nitrogens with zero attached hydrogens (tertiary/aromatic N) is 3. The van der Waals surface area contributed by atoms with Crippen molar-refractivity contribution in [2.45, 2.75) is 32.2 Å². The van der Waals surface area contributed by atoms with E-state index in [2.05, 4.69) is 15.4 Å². The maximum Gasteiger partial charge on any atom is 0.272 e. The maximum atomic E-state index is 12.3. The Bertz CT molecular complexity index is 1040. The average molecular weight is 421 g/mol. The SMILES string of the molecule is O=C(CC1CC1)Nc1nccc2nn(Cc3ccc(OCC(F)F)c(Cl)c3)cc12. The summed E-state index contributed by atoms with van der Waals surface area (Å²) in [6, 6.07) is 6.74. The van der Waals surface area contributed by atoms with E-state index in [0.717, 1.165) is 23.8 Å². The molecule has 4 rings (SSSR count). The normalized spacial score (nSPS) is 13.8. The maximum absolute atomic E-state index is 12.3. The van der Waals surface area contributed by atoms with Crippen LogP contribution in [0.4, 0.5) is 14.6 Å². The monoisotopic (exact) mass is 420 g/mol. The largest absolute Gasteiger partial charge is 0.486 e. The highest BCUT2D eigenvalue weighted by atomic mass is 35.5. The van der Waals surface area contributed by atoms with E-state index >= 15 is 0 Å². The first-order valence-corrected chi connectivity index (χ1v) is 9.67. The highest BCUT2D eigenvalue weighted by molar-refractivity contribution is 6.32. The number of carbonyl (C=O) groups is 1. The summed E-state index contributed by atoms with van der Waals surface area (Å²) in [5.41, 5.74) is 1.55. The van der Waals surface area contributed by atoms with Crippen molar-refractivity contribution >= 4 is 34.2 Å². The molecular weight excluding hydrogens is 402 g/mol. The Balaban J connectivity index is 1.49. The van der Waals surface area contributed by atoms with E-state index in [1.54, 1.807) is 35.1 Å². The van der Waals surface area contributed by atoms with Crippen molar-refractivity contribution in [3.63, 3.8) is 0 Å². The first-order chi connectivity index (χ1) is 14.0. The van der Waals surface area contributed by atoms with E-state index in [9.17, 15) is 13.6 Å². The number of nitrogens with one attached hydrogen (secondary N) is 1. The molecule has 0 unspecified atom stereocenters. The fraction of sp³-hybridized carbons (Fsp3) is 0.350. The van der Waals surface area contributed by atoms with Gasteiger partial charge in [0.25, 0.3) is 6.43 Å². The van der Waals surface area contributed by atoms with Crippen LogP contribution in [-0.2, 0) is 11.3 Å². The summed E-state index contributed by atoms with van der Waals surface area (Å²) in [7, 11) is 0. The van der Waals surface area contributed by atoms with Crippen molar-refractivity contribution < 1.29 is 18.3 Å². The second-order valence-electron chi connectivity index (χ2n) is 7.08. The number of aromatic nitrogens is 3. The van der Waals surface area contributed by atoms with Crippen LogP contribution in [0, 0.1) is 5.92 Å². The first-order valence-electron chi connectivity index (χ1n) is 9.29. The molecule has 0 aliphatic heterocycles. The molecule has 9 heteroatoms. The molecular formula is C20H19ClF2N4O2. The lowest BCUT2D eigenvalue weighted by molar-refractivity contribution is -0.116. The summed E-state index contributed by atoms with van der Waals surface area (Å²) in [5, 5.41) is 8.39. The number of alkyl halides is 2. The summed E-state index contributed by atoms with van der Waals surface area (Å²) >= 11 is 6.13. The van der Waals surface area contributed by atoms with Crippen LogP contribution in [0.25, 0.3) is 10.9 Å². The van der Waals surface area contributed by atoms with Crippen LogP contribution in [0.1, 0.15) is 24.8 Å². The van der Waals surface area contributed by atoms with Gasteiger partial charge in [-0.05, 0) is 42.5 Å². The average Bonchev–Trinajstić information content (AvgIpc) is 3.37. The van der Waals surface area contributed by atoms with Gasteiger partial charge in [-0.3, -0.25) is 9.48 Å². The number of rotatable bonds is 8. The molecule has 1 aliphatic carbocycles. The van der Waals surface area contributed by atoms with Crippen molar-refractivity contribution in [2.24, 2.45) is 5.92 Å². The van der Waals surface area contributed by atoms with E-state index in [-0.39, 0.29) is 16.7 Å². The van der Waals surface area contributed by atoms with Crippen molar-refractivity contribution in [3.8, 4) is 5.75 Å². The number of fused-ring (bicyclic) bond motifs is 1. The van der Waals surface area contributed by atoms with Crippen LogP contribution < -0.4 is 10.1 Å². The number of benzene rings is 1. The number of pyridine rings is 1. The molecule has 0 saturated heterocycles. The van der Waals surface area contributed by atoms with Gasteiger partial charge in [0.2, 0.25) is 5.91 Å². The van der Waals surface area contributed by atoms with E-state index in [1.165, 1.54) is 0 Å². The molecule has 1 saturated carbocycles. The second-order valence-corrected chi connectivity index (χ2v) is 7.49. The number of amides is 1. The van der Waals surface area contributed by atoms with Crippen molar-refractivity contribution in [1.82, 2.24) is 14.8 Å². The quantitative estimate of drug-likeness (QED) is 0.582. The summed E-state index contributed by atoms with van der Waals surface area (Å²) < 4.78 is 31.3. The Morgan fingerprint density at radius 2 is 2.17 bits per heavy atom. The van der Waals surface area contributed by atoms with Crippen molar-refractivity contribution in [3.05, 3.63) is 47.2 Å². The van der Waals surface area contributed by atoms with Crippen LogP contribution >= 0.6 is 11.6 Å². The summed E-state index contributed by atoms with van der Waals surface area (Å²) in [6.07, 6.45) is 3.59. The number of hydrogen-bond donors (Lipinski definition) is 1. The summed E-state index contributed by atoms with van der Waals surface area (Å²) in [4.78, 5) is 16.4. The molecule has 29 heavy (non-hydrogen) atoms. The van der Waals surface area contributed by atoms with Gasteiger partial charge in [-0.1, -0.05) is 17.7 Å². The molecule has 1 aromatic carbocycles. The molecule has 0 radical (unpaired) electrons. The Hall–Kier alpha value is -2.74. The fourth-order valence-electron chi connectivity index (χ4n) is 3.04.